The highest BCUT2D eigenvalue weighted by Crippen LogP contribution is 2.31. The number of hydrogen-bond acceptors (Lipinski definition) is 3. The Labute approximate surface area is 210 Å². The van der Waals surface area contributed by atoms with E-state index < -0.39 is 11.7 Å². The Morgan fingerprint density at radius 2 is 1.36 bits per heavy atom. The van der Waals surface area contributed by atoms with Gasteiger partial charge in [0.25, 0.3) is 5.91 Å². The van der Waals surface area contributed by atoms with Crippen LogP contribution < -0.4 is 0 Å². The fraction of sp³-hybridized carbons (Fsp3) is 0.481. The van der Waals surface area contributed by atoms with Gasteiger partial charge in [0.05, 0.1) is 11.6 Å². The third-order valence-electron chi connectivity index (χ3n) is 7.54. The molecule has 3 amide bonds. The van der Waals surface area contributed by atoms with Gasteiger partial charge in [0.1, 0.15) is 0 Å². The molecule has 194 valence electrons. The zero-order valence-corrected chi connectivity index (χ0v) is 21.0. The SMILES string of the molecule is CCN(C)[C@@H]1CCN(C(=O)N2CC[C@H](N(C)C(=O)c3ccc(-c4ccc(C(F)(F)F)cc4)cc3)C2)C1. The van der Waals surface area contributed by atoms with Gasteiger partial charge in [-0.1, -0.05) is 31.2 Å². The minimum Gasteiger partial charge on any atom is -0.337 e. The van der Waals surface area contributed by atoms with Crippen molar-refractivity contribution in [2.24, 2.45) is 0 Å². The summed E-state index contributed by atoms with van der Waals surface area (Å²) in [6.07, 6.45) is -2.67. The maximum absolute atomic E-state index is 13.1. The molecule has 36 heavy (non-hydrogen) atoms. The number of nitrogens with zero attached hydrogens (tertiary/aromatic N) is 4. The first kappa shape index (κ1) is 26.0. The van der Waals surface area contributed by atoms with Crippen molar-refractivity contribution in [2.45, 2.75) is 38.0 Å². The van der Waals surface area contributed by atoms with Gasteiger partial charge in [-0.3, -0.25) is 4.79 Å². The van der Waals surface area contributed by atoms with Gasteiger partial charge in [-0.05, 0) is 61.8 Å². The quantitative estimate of drug-likeness (QED) is 0.597. The van der Waals surface area contributed by atoms with Crippen molar-refractivity contribution in [3.8, 4) is 11.1 Å². The standard InChI is InChI=1S/C27H33F3N4O2/c1-4-31(2)23-13-15-33(17-23)26(36)34-16-14-24(18-34)32(3)25(35)21-7-5-19(6-8-21)20-9-11-22(12-10-20)27(28,29)30/h5-12,23-24H,4,13-18H2,1-3H3/t23-,24+/m1/s1. The molecule has 0 unspecified atom stereocenters. The van der Waals surface area contributed by atoms with Crippen molar-refractivity contribution in [3.63, 3.8) is 0 Å². The first-order chi connectivity index (χ1) is 17.1. The molecule has 0 saturated carbocycles. The van der Waals surface area contributed by atoms with Crippen LogP contribution in [-0.4, -0.2) is 90.4 Å². The van der Waals surface area contributed by atoms with Crippen LogP contribution in [-0.2, 0) is 6.18 Å². The Morgan fingerprint density at radius 1 is 0.861 bits per heavy atom. The molecule has 0 bridgehead atoms. The average Bonchev–Trinajstić information content (AvgIpc) is 3.57. The number of amides is 3. The number of likely N-dealkylation sites (tertiary alicyclic amines) is 2. The summed E-state index contributed by atoms with van der Waals surface area (Å²) in [6, 6.07) is 12.2. The monoisotopic (exact) mass is 502 g/mol. The predicted molar refractivity (Wildman–Crippen MR) is 133 cm³/mol. The molecule has 0 N–H and O–H groups in total. The Kier molecular flexibility index (Phi) is 7.59. The number of carbonyl (C=O) groups is 2. The molecule has 2 saturated heterocycles. The summed E-state index contributed by atoms with van der Waals surface area (Å²) in [4.78, 5) is 33.9. The molecule has 6 nitrogen and oxygen atoms in total. The lowest BCUT2D eigenvalue weighted by molar-refractivity contribution is -0.137. The fourth-order valence-corrected chi connectivity index (χ4v) is 4.99. The lowest BCUT2D eigenvalue weighted by Crippen LogP contribution is -2.45. The highest BCUT2D eigenvalue weighted by molar-refractivity contribution is 5.95. The van der Waals surface area contributed by atoms with Crippen LogP contribution in [0.15, 0.2) is 48.5 Å². The van der Waals surface area contributed by atoms with Crippen LogP contribution in [0.5, 0.6) is 0 Å². The van der Waals surface area contributed by atoms with Gasteiger partial charge in [-0.25, -0.2) is 4.79 Å². The molecule has 9 heteroatoms. The van der Waals surface area contributed by atoms with E-state index in [1.54, 1.807) is 36.2 Å². The first-order valence-electron chi connectivity index (χ1n) is 12.4. The van der Waals surface area contributed by atoms with Crippen molar-refractivity contribution in [1.82, 2.24) is 19.6 Å². The molecule has 2 aromatic carbocycles. The van der Waals surface area contributed by atoms with Crippen LogP contribution in [0, 0.1) is 0 Å². The maximum atomic E-state index is 13.1. The number of halogens is 3. The normalized spacial score (nSPS) is 20.3. The molecule has 2 atom stereocenters. The van der Waals surface area contributed by atoms with Gasteiger partial charge in [-0.15, -0.1) is 0 Å². The molecule has 0 spiro atoms. The van der Waals surface area contributed by atoms with Crippen molar-refractivity contribution >= 4 is 11.9 Å². The second-order valence-corrected chi connectivity index (χ2v) is 9.70. The van der Waals surface area contributed by atoms with Crippen LogP contribution >= 0.6 is 0 Å². The Bertz CT molecular complexity index is 1070. The predicted octanol–water partition coefficient (Wildman–Crippen LogP) is 4.66. The minimum absolute atomic E-state index is 0.0475. The lowest BCUT2D eigenvalue weighted by atomic mass is 10.0. The molecule has 4 rings (SSSR count). The van der Waals surface area contributed by atoms with Crippen LogP contribution in [0.4, 0.5) is 18.0 Å². The Morgan fingerprint density at radius 3 is 1.89 bits per heavy atom. The molecule has 0 aromatic heterocycles. The second kappa shape index (κ2) is 10.5. The number of urea groups is 1. The zero-order valence-electron chi connectivity index (χ0n) is 21.0. The highest BCUT2D eigenvalue weighted by atomic mass is 19.4. The molecule has 0 aliphatic carbocycles. The molecule has 2 aliphatic heterocycles. The summed E-state index contributed by atoms with van der Waals surface area (Å²) < 4.78 is 38.4. The third kappa shape index (κ3) is 5.51. The summed E-state index contributed by atoms with van der Waals surface area (Å²) in [5.41, 5.74) is 1.19. The minimum atomic E-state index is -4.37. The number of rotatable bonds is 5. The lowest BCUT2D eigenvalue weighted by Gasteiger charge is -2.28. The topological polar surface area (TPSA) is 47.1 Å². The van der Waals surface area contributed by atoms with E-state index in [-0.39, 0.29) is 18.0 Å². The van der Waals surface area contributed by atoms with E-state index in [1.165, 1.54) is 12.1 Å². The summed E-state index contributed by atoms with van der Waals surface area (Å²) in [7, 11) is 3.84. The van der Waals surface area contributed by atoms with Gasteiger partial charge in [0.2, 0.25) is 0 Å². The van der Waals surface area contributed by atoms with Crippen molar-refractivity contribution in [1.29, 1.82) is 0 Å². The van der Waals surface area contributed by atoms with Crippen molar-refractivity contribution in [2.75, 3.05) is 46.8 Å². The maximum Gasteiger partial charge on any atom is 0.416 e. The zero-order chi connectivity index (χ0) is 26.0. The summed E-state index contributed by atoms with van der Waals surface area (Å²) in [6.45, 7) is 5.70. The molecule has 2 aromatic rings. The summed E-state index contributed by atoms with van der Waals surface area (Å²) in [5.74, 6) is -0.140. The van der Waals surface area contributed by atoms with Gasteiger partial charge >= 0.3 is 12.2 Å². The van der Waals surface area contributed by atoms with Crippen molar-refractivity contribution in [3.05, 3.63) is 59.7 Å². The van der Waals surface area contributed by atoms with E-state index in [0.29, 0.717) is 30.3 Å². The average molecular weight is 503 g/mol. The van der Waals surface area contributed by atoms with E-state index in [2.05, 4.69) is 18.9 Å². The molecular weight excluding hydrogens is 469 g/mol. The van der Waals surface area contributed by atoms with E-state index in [4.69, 9.17) is 0 Å². The summed E-state index contributed by atoms with van der Waals surface area (Å²) >= 11 is 0. The number of alkyl halides is 3. The van der Waals surface area contributed by atoms with E-state index in [1.807, 2.05) is 9.80 Å². The van der Waals surface area contributed by atoms with Crippen LogP contribution in [0.1, 0.15) is 35.7 Å². The van der Waals surface area contributed by atoms with Crippen LogP contribution in [0.3, 0.4) is 0 Å². The third-order valence-corrected chi connectivity index (χ3v) is 7.54. The van der Waals surface area contributed by atoms with Crippen molar-refractivity contribution < 1.29 is 22.8 Å². The number of hydrogen-bond donors (Lipinski definition) is 0. The van der Waals surface area contributed by atoms with E-state index in [9.17, 15) is 22.8 Å². The van der Waals surface area contributed by atoms with Gasteiger partial charge in [0, 0.05) is 44.8 Å². The molecule has 2 heterocycles. The Hall–Kier alpha value is -3.07. The number of carbonyl (C=O) groups excluding carboxylic acids is 2. The van der Waals surface area contributed by atoms with Crippen LogP contribution in [0.25, 0.3) is 11.1 Å². The summed E-state index contributed by atoms with van der Waals surface area (Å²) in [5, 5.41) is 0. The van der Waals surface area contributed by atoms with Gasteiger partial charge in [-0.2, -0.15) is 13.2 Å². The van der Waals surface area contributed by atoms with E-state index >= 15 is 0 Å². The van der Waals surface area contributed by atoms with Gasteiger partial charge in [0.15, 0.2) is 0 Å². The molecule has 0 radical (unpaired) electrons. The highest BCUT2D eigenvalue weighted by Gasteiger charge is 2.36. The number of benzene rings is 2. The van der Waals surface area contributed by atoms with Gasteiger partial charge < -0.3 is 19.6 Å². The fourth-order valence-electron chi connectivity index (χ4n) is 4.99. The Balaban J connectivity index is 1.34. The van der Waals surface area contributed by atoms with Crippen LogP contribution in [0.2, 0.25) is 0 Å². The smallest absolute Gasteiger partial charge is 0.337 e. The molecule has 2 fully saturated rings. The second-order valence-electron chi connectivity index (χ2n) is 9.70. The first-order valence-corrected chi connectivity index (χ1v) is 12.4. The number of likely N-dealkylation sites (N-methyl/N-ethyl adjacent to an activating group) is 2. The van der Waals surface area contributed by atoms with E-state index in [0.717, 1.165) is 50.2 Å². The molecular formula is C27H33F3N4O2. The molecule has 2 aliphatic rings. The largest absolute Gasteiger partial charge is 0.416 e.